The van der Waals surface area contributed by atoms with Gasteiger partial charge in [0.2, 0.25) is 0 Å². The smallest absolute Gasteiger partial charge is 0.333 e. The number of carbonyl (C=O) groups is 1. The second-order valence-electron chi connectivity index (χ2n) is 4.94. The van der Waals surface area contributed by atoms with E-state index in [-0.39, 0.29) is 6.79 Å². The van der Waals surface area contributed by atoms with E-state index in [9.17, 15) is 9.90 Å². The molecule has 0 radical (unpaired) electrons. The molecule has 116 valence electrons. The molecule has 0 aliphatic rings. The van der Waals surface area contributed by atoms with Gasteiger partial charge in [0.1, 0.15) is 6.79 Å². The summed E-state index contributed by atoms with van der Waals surface area (Å²) in [5.41, 5.74) is 2.11. The molecule has 1 N–H and O–H groups in total. The van der Waals surface area contributed by atoms with Gasteiger partial charge >= 0.3 is 5.97 Å². The highest BCUT2D eigenvalue weighted by atomic mass is 16.7. The Morgan fingerprint density at radius 3 is 2.14 bits per heavy atom. The van der Waals surface area contributed by atoms with Crippen LogP contribution in [0.3, 0.4) is 0 Å². The average Bonchev–Trinajstić information content (AvgIpc) is 2.55. The van der Waals surface area contributed by atoms with Gasteiger partial charge in [-0.05, 0) is 17.5 Å². The van der Waals surface area contributed by atoms with Crippen LogP contribution in [0.4, 0.5) is 0 Å². The fraction of sp³-hybridized carbons (Fsp3) is 0.278. The van der Waals surface area contributed by atoms with Crippen molar-refractivity contribution in [2.75, 3.05) is 13.4 Å². The van der Waals surface area contributed by atoms with E-state index < -0.39 is 12.1 Å². The van der Waals surface area contributed by atoms with Crippen LogP contribution in [0.1, 0.15) is 11.1 Å². The molecule has 4 heteroatoms. The zero-order chi connectivity index (χ0) is 15.6. The Hall–Kier alpha value is -2.17. The van der Waals surface area contributed by atoms with Crippen LogP contribution >= 0.6 is 0 Å². The van der Waals surface area contributed by atoms with Crippen LogP contribution in [0.15, 0.2) is 60.7 Å². The van der Waals surface area contributed by atoms with Gasteiger partial charge < -0.3 is 14.6 Å². The molecule has 0 aliphatic heterocycles. The van der Waals surface area contributed by atoms with Crippen molar-refractivity contribution >= 4 is 5.97 Å². The highest BCUT2D eigenvalue weighted by Gasteiger charge is 2.18. The molecule has 4 nitrogen and oxygen atoms in total. The zero-order valence-electron chi connectivity index (χ0n) is 12.4. The summed E-state index contributed by atoms with van der Waals surface area (Å²) in [6.45, 7) is 0.484. The monoisotopic (exact) mass is 300 g/mol. The van der Waals surface area contributed by atoms with E-state index in [0.29, 0.717) is 13.0 Å². The summed E-state index contributed by atoms with van der Waals surface area (Å²) >= 11 is 0. The van der Waals surface area contributed by atoms with Crippen LogP contribution in [0.2, 0.25) is 0 Å². The highest BCUT2D eigenvalue weighted by molar-refractivity contribution is 5.72. The Balaban J connectivity index is 1.70. The van der Waals surface area contributed by atoms with Crippen LogP contribution in [0.5, 0.6) is 0 Å². The molecule has 0 aliphatic carbocycles. The average molecular weight is 300 g/mol. The van der Waals surface area contributed by atoms with Gasteiger partial charge in [-0.25, -0.2) is 4.79 Å². The van der Waals surface area contributed by atoms with Crippen molar-refractivity contribution in [3.63, 3.8) is 0 Å². The SMILES string of the molecule is O=C(O)[C@@H](Cc1ccccc1)OCOCCc1ccccc1. The van der Waals surface area contributed by atoms with Crippen molar-refractivity contribution < 1.29 is 19.4 Å². The molecule has 0 heterocycles. The van der Waals surface area contributed by atoms with Gasteiger partial charge in [-0.3, -0.25) is 0 Å². The van der Waals surface area contributed by atoms with Crippen molar-refractivity contribution in [1.82, 2.24) is 0 Å². The Bertz CT molecular complexity index is 554. The maximum Gasteiger partial charge on any atom is 0.333 e. The topological polar surface area (TPSA) is 55.8 Å². The summed E-state index contributed by atoms with van der Waals surface area (Å²) in [4.78, 5) is 11.2. The molecule has 2 aromatic carbocycles. The first-order chi connectivity index (χ1) is 10.8. The molecule has 1 atom stereocenters. The quantitative estimate of drug-likeness (QED) is 0.571. The van der Waals surface area contributed by atoms with Gasteiger partial charge in [-0.1, -0.05) is 60.7 Å². The predicted molar refractivity (Wildman–Crippen MR) is 83.6 cm³/mol. The maximum absolute atomic E-state index is 11.2. The number of rotatable bonds is 9. The second-order valence-corrected chi connectivity index (χ2v) is 4.94. The van der Waals surface area contributed by atoms with Crippen LogP contribution in [0.25, 0.3) is 0 Å². The lowest BCUT2D eigenvalue weighted by Gasteiger charge is -2.14. The number of hydrogen-bond donors (Lipinski definition) is 1. The van der Waals surface area contributed by atoms with E-state index in [1.54, 1.807) is 0 Å². The van der Waals surface area contributed by atoms with Crippen molar-refractivity contribution in [1.29, 1.82) is 0 Å². The Morgan fingerprint density at radius 2 is 1.55 bits per heavy atom. The molecule has 0 aromatic heterocycles. The third-order valence-electron chi connectivity index (χ3n) is 3.27. The first-order valence-electron chi connectivity index (χ1n) is 7.25. The molecule has 0 unspecified atom stereocenters. The van der Waals surface area contributed by atoms with Crippen molar-refractivity contribution in [2.45, 2.75) is 18.9 Å². The Kier molecular flexibility index (Phi) is 6.61. The van der Waals surface area contributed by atoms with Gasteiger partial charge in [-0.15, -0.1) is 0 Å². The van der Waals surface area contributed by atoms with E-state index >= 15 is 0 Å². The molecule has 2 rings (SSSR count). The summed E-state index contributed by atoms with van der Waals surface area (Å²) in [6.07, 6.45) is 0.220. The standard InChI is InChI=1S/C18H20O4/c19-18(20)17(13-16-9-5-2-6-10-16)22-14-21-12-11-15-7-3-1-4-8-15/h1-10,17H,11-14H2,(H,19,20)/t17-/m1/s1. The third-order valence-corrected chi connectivity index (χ3v) is 3.27. The third kappa shape index (κ3) is 5.68. The van der Waals surface area contributed by atoms with E-state index in [1.807, 2.05) is 60.7 Å². The number of carboxylic acid groups (broad SMARTS) is 1. The molecule has 0 saturated heterocycles. The minimum Gasteiger partial charge on any atom is -0.479 e. The molecule has 0 fully saturated rings. The predicted octanol–water partition coefficient (Wildman–Crippen LogP) is 2.92. The summed E-state index contributed by atoms with van der Waals surface area (Å²) < 4.78 is 10.7. The van der Waals surface area contributed by atoms with Crippen molar-refractivity contribution in [3.05, 3.63) is 71.8 Å². The van der Waals surface area contributed by atoms with Gasteiger partial charge in [0.05, 0.1) is 6.61 Å². The normalized spacial score (nSPS) is 12.0. The number of aliphatic carboxylic acids is 1. The van der Waals surface area contributed by atoms with Crippen LogP contribution in [-0.4, -0.2) is 30.6 Å². The fourth-order valence-electron chi connectivity index (χ4n) is 2.07. The largest absolute Gasteiger partial charge is 0.479 e. The Morgan fingerprint density at radius 1 is 0.955 bits per heavy atom. The molecular weight excluding hydrogens is 280 g/mol. The van der Waals surface area contributed by atoms with Crippen molar-refractivity contribution in [2.24, 2.45) is 0 Å². The van der Waals surface area contributed by atoms with Gasteiger partial charge in [-0.2, -0.15) is 0 Å². The maximum atomic E-state index is 11.2. The summed E-state index contributed by atoms with van der Waals surface area (Å²) in [6, 6.07) is 19.4. The van der Waals surface area contributed by atoms with E-state index in [4.69, 9.17) is 9.47 Å². The van der Waals surface area contributed by atoms with E-state index in [1.165, 1.54) is 5.56 Å². The number of ether oxygens (including phenoxy) is 2. The van der Waals surface area contributed by atoms with Crippen LogP contribution in [0, 0.1) is 0 Å². The lowest BCUT2D eigenvalue weighted by Crippen LogP contribution is -2.27. The second kappa shape index (κ2) is 8.97. The van der Waals surface area contributed by atoms with Crippen LogP contribution in [-0.2, 0) is 27.1 Å². The lowest BCUT2D eigenvalue weighted by atomic mass is 10.1. The molecule has 0 spiro atoms. The molecule has 22 heavy (non-hydrogen) atoms. The molecule has 0 bridgehead atoms. The summed E-state index contributed by atoms with van der Waals surface area (Å²) in [5, 5.41) is 9.19. The Labute approximate surface area is 130 Å². The fourth-order valence-corrected chi connectivity index (χ4v) is 2.07. The summed E-state index contributed by atoms with van der Waals surface area (Å²) in [5.74, 6) is -0.976. The first-order valence-corrected chi connectivity index (χ1v) is 7.25. The molecule has 0 amide bonds. The lowest BCUT2D eigenvalue weighted by molar-refractivity contribution is -0.160. The van der Waals surface area contributed by atoms with Gasteiger partial charge in [0, 0.05) is 6.42 Å². The molecular formula is C18H20O4. The first kappa shape index (κ1) is 16.2. The van der Waals surface area contributed by atoms with Gasteiger partial charge in [0.15, 0.2) is 6.10 Å². The molecule has 0 saturated carbocycles. The number of hydrogen-bond acceptors (Lipinski definition) is 3. The van der Waals surface area contributed by atoms with E-state index in [0.717, 1.165) is 12.0 Å². The van der Waals surface area contributed by atoms with Gasteiger partial charge in [0.25, 0.3) is 0 Å². The number of carboxylic acids is 1. The zero-order valence-corrected chi connectivity index (χ0v) is 12.4. The minimum atomic E-state index is -0.976. The minimum absolute atomic E-state index is 0.0172. The highest BCUT2D eigenvalue weighted by Crippen LogP contribution is 2.07. The van der Waals surface area contributed by atoms with Crippen LogP contribution < -0.4 is 0 Å². The molecule has 2 aromatic rings. The number of benzene rings is 2. The van der Waals surface area contributed by atoms with E-state index in [2.05, 4.69) is 0 Å². The van der Waals surface area contributed by atoms with Crippen molar-refractivity contribution in [3.8, 4) is 0 Å². The summed E-state index contributed by atoms with van der Waals surface area (Å²) in [7, 11) is 0.